The Balaban J connectivity index is 2.59. The van der Waals surface area contributed by atoms with Crippen molar-refractivity contribution in [2.45, 2.75) is 32.0 Å². The summed E-state index contributed by atoms with van der Waals surface area (Å²) in [5.74, 6) is 0. The molecule has 2 atom stereocenters. The maximum atomic E-state index is 9.83. The molecule has 4 heteroatoms. The molecule has 90 valence electrons. The summed E-state index contributed by atoms with van der Waals surface area (Å²) in [5.41, 5.74) is 0.905. The Morgan fingerprint density at radius 2 is 2.06 bits per heavy atom. The summed E-state index contributed by atoms with van der Waals surface area (Å²) in [6.07, 6.45) is 0.703. The molecule has 0 saturated heterocycles. The first-order valence-corrected chi connectivity index (χ1v) is 5.93. The van der Waals surface area contributed by atoms with Gasteiger partial charge in [0.1, 0.15) is 0 Å². The van der Waals surface area contributed by atoms with Gasteiger partial charge >= 0.3 is 0 Å². The Bertz CT molecular complexity index is 342. The van der Waals surface area contributed by atoms with Gasteiger partial charge in [0, 0.05) is 17.2 Å². The van der Waals surface area contributed by atoms with Crippen LogP contribution in [0.15, 0.2) is 18.2 Å². The van der Waals surface area contributed by atoms with Crippen LogP contribution in [0.2, 0.25) is 10.0 Å². The first-order chi connectivity index (χ1) is 7.52. The molecule has 1 N–H and O–H groups in total. The predicted octanol–water partition coefficient (Wildman–Crippen LogP) is 3.32. The minimum atomic E-state index is -0.450. The van der Waals surface area contributed by atoms with Crippen LogP contribution in [0.3, 0.4) is 0 Å². The highest BCUT2D eigenvalue weighted by Gasteiger charge is 2.12. The predicted molar refractivity (Wildman–Crippen MR) is 67.3 cm³/mol. The van der Waals surface area contributed by atoms with E-state index in [2.05, 4.69) is 0 Å². The number of benzene rings is 1. The lowest BCUT2D eigenvalue weighted by Crippen LogP contribution is -2.19. The van der Waals surface area contributed by atoms with E-state index in [1.54, 1.807) is 19.2 Å². The monoisotopic (exact) mass is 262 g/mol. The number of rotatable bonds is 5. The zero-order valence-corrected chi connectivity index (χ0v) is 10.9. The van der Waals surface area contributed by atoms with Crippen molar-refractivity contribution >= 4 is 23.2 Å². The van der Waals surface area contributed by atoms with Gasteiger partial charge in [-0.3, -0.25) is 0 Å². The van der Waals surface area contributed by atoms with E-state index in [9.17, 15) is 5.11 Å². The SMILES string of the molecule is COC(C)CC(O)Cc1ccc(Cl)cc1Cl. The van der Waals surface area contributed by atoms with Gasteiger partial charge in [-0.2, -0.15) is 0 Å². The summed E-state index contributed by atoms with van der Waals surface area (Å²) < 4.78 is 5.09. The summed E-state index contributed by atoms with van der Waals surface area (Å²) in [7, 11) is 1.63. The fourth-order valence-electron chi connectivity index (χ4n) is 1.50. The summed E-state index contributed by atoms with van der Waals surface area (Å²) >= 11 is 11.8. The van der Waals surface area contributed by atoms with Gasteiger partial charge < -0.3 is 9.84 Å². The van der Waals surface area contributed by atoms with Crippen molar-refractivity contribution in [1.82, 2.24) is 0 Å². The van der Waals surface area contributed by atoms with Crippen LogP contribution in [0.5, 0.6) is 0 Å². The third kappa shape index (κ3) is 4.30. The van der Waals surface area contributed by atoms with E-state index in [1.807, 2.05) is 13.0 Å². The minimum Gasteiger partial charge on any atom is -0.393 e. The van der Waals surface area contributed by atoms with E-state index >= 15 is 0 Å². The zero-order valence-electron chi connectivity index (χ0n) is 9.41. The van der Waals surface area contributed by atoms with Crippen LogP contribution in [-0.2, 0) is 11.2 Å². The second-order valence-corrected chi connectivity index (χ2v) is 4.72. The molecule has 0 amide bonds. The molecule has 16 heavy (non-hydrogen) atoms. The number of hydrogen-bond donors (Lipinski definition) is 1. The molecule has 1 aromatic carbocycles. The standard InChI is InChI=1S/C12H16Cl2O2/c1-8(16-2)5-11(15)6-9-3-4-10(13)7-12(9)14/h3-4,7-8,11,15H,5-6H2,1-2H3. The van der Waals surface area contributed by atoms with Gasteiger partial charge in [0.2, 0.25) is 0 Å². The normalized spacial score (nSPS) is 14.8. The van der Waals surface area contributed by atoms with Crippen molar-refractivity contribution in [1.29, 1.82) is 0 Å². The molecule has 0 heterocycles. The van der Waals surface area contributed by atoms with E-state index in [0.29, 0.717) is 22.9 Å². The van der Waals surface area contributed by atoms with E-state index in [4.69, 9.17) is 27.9 Å². The second kappa shape index (κ2) is 6.45. The third-order valence-corrected chi connectivity index (χ3v) is 3.06. The maximum Gasteiger partial charge on any atom is 0.0605 e. The Kier molecular flexibility index (Phi) is 5.56. The summed E-state index contributed by atoms with van der Waals surface area (Å²) in [4.78, 5) is 0. The van der Waals surface area contributed by atoms with E-state index in [0.717, 1.165) is 5.56 Å². The molecule has 0 fully saturated rings. The Morgan fingerprint density at radius 1 is 1.38 bits per heavy atom. The average molecular weight is 263 g/mol. The van der Waals surface area contributed by atoms with Gasteiger partial charge in [0.05, 0.1) is 12.2 Å². The molecule has 0 aromatic heterocycles. The molecule has 2 unspecified atom stereocenters. The van der Waals surface area contributed by atoms with Gasteiger partial charge in [-0.25, -0.2) is 0 Å². The van der Waals surface area contributed by atoms with Crippen molar-refractivity contribution < 1.29 is 9.84 Å². The Labute approximate surface area is 106 Å². The molecule has 0 aliphatic rings. The first-order valence-electron chi connectivity index (χ1n) is 5.17. The van der Waals surface area contributed by atoms with Crippen molar-refractivity contribution in [2.24, 2.45) is 0 Å². The molecule has 0 aliphatic heterocycles. The number of aliphatic hydroxyl groups is 1. The van der Waals surface area contributed by atoms with E-state index in [-0.39, 0.29) is 6.10 Å². The topological polar surface area (TPSA) is 29.5 Å². The van der Waals surface area contributed by atoms with Gasteiger partial charge in [-0.15, -0.1) is 0 Å². The number of ether oxygens (including phenoxy) is 1. The van der Waals surface area contributed by atoms with Gasteiger partial charge in [-0.05, 0) is 37.5 Å². The van der Waals surface area contributed by atoms with Crippen LogP contribution in [0.25, 0.3) is 0 Å². The highest BCUT2D eigenvalue weighted by Crippen LogP contribution is 2.22. The van der Waals surface area contributed by atoms with Crippen LogP contribution < -0.4 is 0 Å². The smallest absolute Gasteiger partial charge is 0.0605 e. The molecule has 0 spiro atoms. The fourth-order valence-corrected chi connectivity index (χ4v) is 1.99. The molecule has 1 aromatic rings. The van der Waals surface area contributed by atoms with Crippen molar-refractivity contribution in [2.75, 3.05) is 7.11 Å². The van der Waals surface area contributed by atoms with Crippen LogP contribution >= 0.6 is 23.2 Å². The lowest BCUT2D eigenvalue weighted by Gasteiger charge is -2.15. The highest BCUT2D eigenvalue weighted by molar-refractivity contribution is 6.35. The summed E-state index contributed by atoms with van der Waals surface area (Å²) in [6, 6.07) is 5.30. The average Bonchev–Trinajstić information content (AvgIpc) is 2.22. The summed E-state index contributed by atoms with van der Waals surface area (Å²) in [6.45, 7) is 1.92. The number of halogens is 2. The number of methoxy groups -OCH3 is 1. The highest BCUT2D eigenvalue weighted by atomic mass is 35.5. The van der Waals surface area contributed by atoms with Gasteiger partial charge in [-0.1, -0.05) is 29.3 Å². The molecular weight excluding hydrogens is 247 g/mol. The first kappa shape index (κ1) is 13.8. The summed E-state index contributed by atoms with van der Waals surface area (Å²) in [5, 5.41) is 11.0. The molecule has 0 bridgehead atoms. The van der Waals surface area contributed by atoms with Crippen LogP contribution in [0.4, 0.5) is 0 Å². The number of aliphatic hydroxyl groups excluding tert-OH is 1. The largest absolute Gasteiger partial charge is 0.393 e. The lowest BCUT2D eigenvalue weighted by atomic mass is 10.0. The quantitative estimate of drug-likeness (QED) is 0.883. The number of hydrogen-bond acceptors (Lipinski definition) is 2. The Hall–Kier alpha value is -0.280. The van der Waals surface area contributed by atoms with Crippen molar-refractivity contribution in [3.05, 3.63) is 33.8 Å². The van der Waals surface area contributed by atoms with Gasteiger partial charge in [0.15, 0.2) is 0 Å². The molecule has 1 rings (SSSR count). The lowest BCUT2D eigenvalue weighted by molar-refractivity contribution is 0.0565. The third-order valence-electron chi connectivity index (χ3n) is 2.48. The Morgan fingerprint density at radius 3 is 2.62 bits per heavy atom. The van der Waals surface area contributed by atoms with Crippen LogP contribution in [0, 0.1) is 0 Å². The molecular formula is C12H16Cl2O2. The molecule has 0 aliphatic carbocycles. The zero-order chi connectivity index (χ0) is 12.1. The van der Waals surface area contributed by atoms with Crippen LogP contribution in [-0.4, -0.2) is 24.4 Å². The van der Waals surface area contributed by atoms with Crippen molar-refractivity contribution in [3.8, 4) is 0 Å². The molecule has 0 saturated carbocycles. The fraction of sp³-hybridized carbons (Fsp3) is 0.500. The van der Waals surface area contributed by atoms with Crippen LogP contribution in [0.1, 0.15) is 18.9 Å². The van der Waals surface area contributed by atoms with E-state index < -0.39 is 6.10 Å². The minimum absolute atomic E-state index is 0.0427. The van der Waals surface area contributed by atoms with Gasteiger partial charge in [0.25, 0.3) is 0 Å². The molecule has 2 nitrogen and oxygen atoms in total. The second-order valence-electron chi connectivity index (χ2n) is 3.88. The maximum absolute atomic E-state index is 9.83. The molecule has 0 radical (unpaired) electrons. The van der Waals surface area contributed by atoms with Crippen molar-refractivity contribution in [3.63, 3.8) is 0 Å². The van der Waals surface area contributed by atoms with E-state index in [1.165, 1.54) is 0 Å².